The molecule has 1 rings (SSSR count). The molecular weight excluding hydrogens is 292 g/mol. The van der Waals surface area contributed by atoms with Gasteiger partial charge in [-0.25, -0.2) is 8.42 Å². The van der Waals surface area contributed by atoms with Gasteiger partial charge < -0.3 is 4.74 Å². The van der Waals surface area contributed by atoms with Crippen molar-refractivity contribution in [2.24, 2.45) is 5.92 Å². The van der Waals surface area contributed by atoms with Crippen molar-refractivity contribution in [1.82, 2.24) is 9.21 Å². The third-order valence-electron chi connectivity index (χ3n) is 3.06. The Morgan fingerprint density at radius 1 is 1.32 bits per heavy atom. The first kappa shape index (κ1) is 16.7. The zero-order valence-electron chi connectivity index (χ0n) is 11.3. The minimum atomic E-state index is -3.25. The zero-order valence-corrected chi connectivity index (χ0v) is 12.9. The van der Waals surface area contributed by atoms with Crippen LogP contribution in [0.5, 0.6) is 0 Å². The normalized spacial score (nSPS) is 20.2. The van der Waals surface area contributed by atoms with Crippen molar-refractivity contribution in [3.63, 3.8) is 0 Å². The van der Waals surface area contributed by atoms with Crippen molar-refractivity contribution in [1.29, 1.82) is 0 Å². The molecule has 1 fully saturated rings. The maximum absolute atomic E-state index is 12.1. The molecule has 0 radical (unpaired) electrons. The highest BCUT2D eigenvalue weighted by molar-refractivity contribution is 7.89. The number of esters is 1. The first-order valence-electron chi connectivity index (χ1n) is 6.22. The van der Waals surface area contributed by atoms with Crippen LogP contribution in [-0.2, 0) is 19.6 Å². The van der Waals surface area contributed by atoms with Crippen molar-refractivity contribution in [2.75, 3.05) is 51.5 Å². The van der Waals surface area contributed by atoms with E-state index in [0.717, 1.165) is 0 Å². The summed E-state index contributed by atoms with van der Waals surface area (Å²) in [4.78, 5) is 13.0. The summed E-state index contributed by atoms with van der Waals surface area (Å²) in [5.74, 6) is 0.0570. The second kappa shape index (κ2) is 7.42. The number of alkyl halides is 1. The van der Waals surface area contributed by atoms with Gasteiger partial charge in [-0.2, -0.15) is 4.31 Å². The zero-order chi connectivity index (χ0) is 14.5. The summed E-state index contributed by atoms with van der Waals surface area (Å²) >= 11 is 5.65. The molecule has 8 heteroatoms. The molecule has 0 spiro atoms. The van der Waals surface area contributed by atoms with Gasteiger partial charge in [0.2, 0.25) is 10.0 Å². The third kappa shape index (κ3) is 5.25. The summed E-state index contributed by atoms with van der Waals surface area (Å²) in [6.45, 7) is 3.94. The number of sulfonamides is 1. The van der Waals surface area contributed by atoms with Gasteiger partial charge in [-0.1, -0.05) is 6.92 Å². The minimum absolute atomic E-state index is 0.0558. The Kier molecular flexibility index (Phi) is 6.52. The molecule has 0 aromatic rings. The molecule has 1 unspecified atom stereocenters. The van der Waals surface area contributed by atoms with Gasteiger partial charge in [0, 0.05) is 32.1 Å². The van der Waals surface area contributed by atoms with Crippen LogP contribution in [0.4, 0.5) is 0 Å². The Bertz CT molecular complexity index is 393. The van der Waals surface area contributed by atoms with Crippen LogP contribution >= 0.6 is 11.6 Å². The molecule has 19 heavy (non-hydrogen) atoms. The fourth-order valence-corrected chi connectivity index (χ4v) is 3.93. The summed E-state index contributed by atoms with van der Waals surface area (Å²) in [7, 11) is -1.90. The molecular formula is C11H21ClN2O4S. The molecule has 0 saturated carbocycles. The predicted octanol–water partition coefficient (Wildman–Crippen LogP) is -0.0183. The van der Waals surface area contributed by atoms with E-state index in [2.05, 4.69) is 4.74 Å². The number of methoxy groups -OCH3 is 1. The van der Waals surface area contributed by atoms with Crippen LogP contribution in [0.15, 0.2) is 0 Å². The predicted molar refractivity (Wildman–Crippen MR) is 73.7 cm³/mol. The van der Waals surface area contributed by atoms with Gasteiger partial charge in [0.15, 0.2) is 0 Å². The number of nitrogens with zero attached hydrogens (tertiary/aromatic N) is 2. The van der Waals surface area contributed by atoms with Crippen LogP contribution in [0.25, 0.3) is 0 Å². The van der Waals surface area contributed by atoms with E-state index < -0.39 is 10.0 Å². The molecule has 112 valence electrons. The lowest BCUT2D eigenvalue weighted by Gasteiger charge is -2.33. The Morgan fingerprint density at radius 3 is 2.37 bits per heavy atom. The first-order valence-corrected chi connectivity index (χ1v) is 8.36. The van der Waals surface area contributed by atoms with Crippen molar-refractivity contribution in [3.05, 3.63) is 0 Å². The van der Waals surface area contributed by atoms with Crippen LogP contribution in [-0.4, -0.2) is 75.1 Å². The van der Waals surface area contributed by atoms with E-state index in [0.29, 0.717) is 32.1 Å². The van der Waals surface area contributed by atoms with Gasteiger partial charge in [0.25, 0.3) is 0 Å². The van der Waals surface area contributed by atoms with Crippen LogP contribution in [0.1, 0.15) is 6.92 Å². The number of carbonyl (C=O) groups is 1. The van der Waals surface area contributed by atoms with Gasteiger partial charge in [-0.3, -0.25) is 9.69 Å². The maximum Gasteiger partial charge on any atom is 0.319 e. The Hall–Kier alpha value is -0.370. The smallest absolute Gasteiger partial charge is 0.319 e. The van der Waals surface area contributed by atoms with Crippen molar-refractivity contribution in [3.8, 4) is 0 Å². The average molecular weight is 313 g/mol. The standard InChI is InChI=1S/C11H21ClN2O4S/c1-10(7-12)9-19(16,17)14-5-3-13(4-6-14)8-11(15)18-2/h10H,3-9H2,1-2H3. The second-order valence-electron chi connectivity index (χ2n) is 4.79. The van der Waals surface area contributed by atoms with E-state index in [1.54, 1.807) is 0 Å². The first-order chi connectivity index (χ1) is 8.89. The highest BCUT2D eigenvalue weighted by Gasteiger charge is 2.28. The summed E-state index contributed by atoms with van der Waals surface area (Å²) in [6.07, 6.45) is 0. The molecule has 0 N–H and O–H groups in total. The number of rotatable bonds is 6. The van der Waals surface area contributed by atoms with Crippen LogP contribution in [0, 0.1) is 5.92 Å². The van der Waals surface area contributed by atoms with Gasteiger partial charge in [0.05, 0.1) is 19.4 Å². The van der Waals surface area contributed by atoms with Gasteiger partial charge >= 0.3 is 5.97 Å². The topological polar surface area (TPSA) is 66.9 Å². The lowest BCUT2D eigenvalue weighted by atomic mass is 10.3. The van der Waals surface area contributed by atoms with E-state index in [9.17, 15) is 13.2 Å². The quantitative estimate of drug-likeness (QED) is 0.509. The fourth-order valence-electron chi connectivity index (χ4n) is 1.92. The van der Waals surface area contributed by atoms with Gasteiger partial charge in [-0.15, -0.1) is 11.6 Å². The molecule has 0 bridgehead atoms. The summed E-state index contributed by atoms with van der Waals surface area (Å²) in [6, 6.07) is 0. The molecule has 0 aromatic heterocycles. The number of hydrogen-bond donors (Lipinski definition) is 0. The molecule has 0 amide bonds. The van der Waals surface area contributed by atoms with Crippen LogP contribution in [0.3, 0.4) is 0 Å². The monoisotopic (exact) mass is 312 g/mol. The molecule has 1 aliphatic heterocycles. The van der Waals surface area contributed by atoms with Gasteiger partial charge in [-0.05, 0) is 5.92 Å². The third-order valence-corrected chi connectivity index (χ3v) is 5.73. The van der Waals surface area contributed by atoms with E-state index >= 15 is 0 Å². The van der Waals surface area contributed by atoms with Gasteiger partial charge in [0.1, 0.15) is 0 Å². The highest BCUT2D eigenvalue weighted by Crippen LogP contribution is 2.12. The molecule has 0 aromatic carbocycles. The minimum Gasteiger partial charge on any atom is -0.468 e. The molecule has 0 aliphatic carbocycles. The van der Waals surface area contributed by atoms with Crippen LogP contribution < -0.4 is 0 Å². The lowest BCUT2D eigenvalue weighted by Crippen LogP contribution is -2.50. The number of hydrogen-bond acceptors (Lipinski definition) is 5. The number of piperazine rings is 1. The molecule has 6 nitrogen and oxygen atoms in total. The van der Waals surface area contributed by atoms with E-state index in [1.807, 2.05) is 11.8 Å². The maximum atomic E-state index is 12.1. The Labute approximate surface area is 119 Å². The van der Waals surface area contributed by atoms with Crippen LogP contribution in [0.2, 0.25) is 0 Å². The Balaban J connectivity index is 2.47. The molecule has 1 heterocycles. The lowest BCUT2D eigenvalue weighted by molar-refractivity contribution is -0.142. The highest BCUT2D eigenvalue weighted by atomic mass is 35.5. The number of halogens is 1. The van der Waals surface area contributed by atoms with Crippen molar-refractivity contribution >= 4 is 27.6 Å². The average Bonchev–Trinajstić information content (AvgIpc) is 2.38. The largest absolute Gasteiger partial charge is 0.468 e. The number of carbonyl (C=O) groups excluding carboxylic acids is 1. The number of ether oxygens (including phenoxy) is 1. The molecule has 1 atom stereocenters. The fraction of sp³-hybridized carbons (Fsp3) is 0.909. The molecule has 1 aliphatic rings. The molecule has 1 saturated heterocycles. The van der Waals surface area contributed by atoms with E-state index in [-0.39, 0.29) is 24.2 Å². The SMILES string of the molecule is COC(=O)CN1CCN(S(=O)(=O)CC(C)CCl)CC1. The summed E-state index contributed by atoms with van der Waals surface area (Å²) in [5, 5.41) is 0. The summed E-state index contributed by atoms with van der Waals surface area (Å²) < 4.78 is 30.3. The summed E-state index contributed by atoms with van der Waals surface area (Å²) in [5.41, 5.74) is 0. The van der Waals surface area contributed by atoms with Crippen molar-refractivity contribution in [2.45, 2.75) is 6.92 Å². The van der Waals surface area contributed by atoms with E-state index in [4.69, 9.17) is 11.6 Å². The van der Waals surface area contributed by atoms with Crippen molar-refractivity contribution < 1.29 is 17.9 Å². The Morgan fingerprint density at radius 2 is 1.89 bits per heavy atom. The van der Waals surface area contributed by atoms with E-state index in [1.165, 1.54) is 11.4 Å². The second-order valence-corrected chi connectivity index (χ2v) is 7.11.